The van der Waals surface area contributed by atoms with E-state index in [1.54, 1.807) is 18.3 Å². The summed E-state index contributed by atoms with van der Waals surface area (Å²) in [6.07, 6.45) is 0. The van der Waals surface area contributed by atoms with Gasteiger partial charge in [0.2, 0.25) is 0 Å². The highest BCUT2D eigenvalue weighted by Gasteiger charge is 1.60. The van der Waals surface area contributed by atoms with Crippen LogP contribution in [-0.4, -0.2) is 13.1 Å². The van der Waals surface area contributed by atoms with E-state index in [0.717, 1.165) is 0 Å². The first-order valence-electron chi connectivity index (χ1n) is 2.94. The Morgan fingerprint density at radius 3 is 2.20 bits per heavy atom. The zero-order valence-electron chi connectivity index (χ0n) is 5.82. The summed E-state index contributed by atoms with van der Waals surface area (Å²) in [5.41, 5.74) is 0. The fourth-order valence-corrected chi connectivity index (χ4v) is 0.748. The highest BCUT2D eigenvalue weighted by atomic mass is 32.1. The third-order valence-electron chi connectivity index (χ3n) is 0.660. The van der Waals surface area contributed by atoms with Crippen molar-refractivity contribution in [3.8, 4) is 0 Å². The average Bonchev–Trinajstić information content (AvgIpc) is 2.44. The molecule has 1 aromatic rings. The molecular formula is C7H10O2S. The third kappa shape index (κ3) is 7.17. The fraction of sp³-hybridized carbons (Fsp3) is 0.286. The van der Waals surface area contributed by atoms with Crippen molar-refractivity contribution in [3.63, 3.8) is 0 Å². The first kappa shape index (κ1) is 9.17. The van der Waals surface area contributed by atoms with Crippen LogP contribution in [0.2, 0.25) is 0 Å². The fourth-order valence-electron chi connectivity index (χ4n) is 0.295. The maximum atomic E-state index is 9.18. The molecule has 2 nitrogen and oxygen atoms in total. The van der Waals surface area contributed by atoms with Crippen molar-refractivity contribution in [3.05, 3.63) is 22.9 Å². The van der Waals surface area contributed by atoms with Gasteiger partial charge in [0.05, 0.1) is 6.61 Å². The van der Waals surface area contributed by atoms with Crippen LogP contribution in [0.3, 0.4) is 0 Å². The Hall–Kier alpha value is -0.830. The zero-order valence-corrected chi connectivity index (χ0v) is 6.64. The molecule has 1 aromatic heterocycles. The van der Waals surface area contributed by atoms with E-state index in [0.29, 0.717) is 13.1 Å². The van der Waals surface area contributed by atoms with Crippen LogP contribution in [0.15, 0.2) is 22.9 Å². The lowest BCUT2D eigenvalue weighted by Gasteiger charge is -1.79. The molecule has 0 saturated heterocycles. The predicted molar refractivity (Wildman–Crippen MR) is 42.0 cm³/mol. The molecule has 0 atom stereocenters. The molecule has 0 unspecified atom stereocenters. The minimum atomic E-state index is 0.431. The normalized spacial score (nSPS) is 7.30. The quantitative estimate of drug-likeness (QED) is 0.615. The van der Waals surface area contributed by atoms with Gasteiger partial charge in [-0.15, -0.1) is 0 Å². The SMILES string of the molecule is CCOC=O.c1ccsc1. The molecule has 0 aliphatic rings. The highest BCUT2D eigenvalue weighted by molar-refractivity contribution is 7.07. The molecule has 10 heavy (non-hydrogen) atoms. The molecular weight excluding hydrogens is 148 g/mol. The largest absolute Gasteiger partial charge is 0.468 e. The summed E-state index contributed by atoms with van der Waals surface area (Å²) in [5, 5.41) is 4.08. The van der Waals surface area contributed by atoms with E-state index in [1.165, 1.54) is 0 Å². The number of thiophene rings is 1. The Morgan fingerprint density at radius 1 is 1.50 bits per heavy atom. The summed E-state index contributed by atoms with van der Waals surface area (Å²) in [6, 6.07) is 4.04. The minimum absolute atomic E-state index is 0.431. The summed E-state index contributed by atoms with van der Waals surface area (Å²) in [6.45, 7) is 2.66. The molecule has 0 spiro atoms. The van der Waals surface area contributed by atoms with Crippen LogP contribution in [0.5, 0.6) is 0 Å². The van der Waals surface area contributed by atoms with Crippen molar-refractivity contribution in [2.75, 3.05) is 6.61 Å². The summed E-state index contributed by atoms with van der Waals surface area (Å²) in [7, 11) is 0. The van der Waals surface area contributed by atoms with Gasteiger partial charge in [0.1, 0.15) is 0 Å². The van der Waals surface area contributed by atoms with Crippen LogP contribution in [0.1, 0.15) is 6.92 Å². The Balaban J connectivity index is 0.000000162. The zero-order chi connectivity index (χ0) is 7.66. The van der Waals surface area contributed by atoms with Gasteiger partial charge >= 0.3 is 0 Å². The minimum Gasteiger partial charge on any atom is -0.468 e. The maximum absolute atomic E-state index is 9.18. The summed E-state index contributed by atoms with van der Waals surface area (Å²) in [4.78, 5) is 9.18. The molecule has 0 saturated carbocycles. The van der Waals surface area contributed by atoms with E-state index in [-0.39, 0.29) is 0 Å². The second-order valence-corrected chi connectivity index (χ2v) is 2.16. The highest BCUT2D eigenvalue weighted by Crippen LogP contribution is 1.91. The van der Waals surface area contributed by atoms with Crippen LogP contribution in [0, 0.1) is 0 Å². The van der Waals surface area contributed by atoms with Gasteiger partial charge in [0.25, 0.3) is 6.47 Å². The van der Waals surface area contributed by atoms with Crippen LogP contribution < -0.4 is 0 Å². The van der Waals surface area contributed by atoms with Crippen molar-refractivity contribution in [2.45, 2.75) is 6.92 Å². The topological polar surface area (TPSA) is 26.3 Å². The molecule has 0 N–H and O–H groups in total. The molecule has 1 heterocycles. The number of carbonyl (C=O) groups excluding carboxylic acids is 1. The van der Waals surface area contributed by atoms with E-state index in [4.69, 9.17) is 0 Å². The van der Waals surface area contributed by atoms with Crippen molar-refractivity contribution >= 4 is 17.8 Å². The van der Waals surface area contributed by atoms with Gasteiger partial charge in [-0.1, -0.05) is 12.1 Å². The Labute approximate surface area is 64.4 Å². The van der Waals surface area contributed by atoms with Crippen molar-refractivity contribution < 1.29 is 9.53 Å². The number of ether oxygens (including phenoxy) is 1. The van der Waals surface area contributed by atoms with Gasteiger partial charge in [0, 0.05) is 0 Å². The molecule has 3 heteroatoms. The van der Waals surface area contributed by atoms with Gasteiger partial charge in [-0.3, -0.25) is 4.79 Å². The lowest BCUT2D eigenvalue weighted by Crippen LogP contribution is -1.80. The Bertz CT molecular complexity index is 120. The van der Waals surface area contributed by atoms with Crippen molar-refractivity contribution in [2.24, 2.45) is 0 Å². The third-order valence-corrected chi connectivity index (χ3v) is 1.29. The molecule has 0 bridgehead atoms. The Kier molecular flexibility index (Phi) is 7.49. The molecule has 1 rings (SSSR count). The van der Waals surface area contributed by atoms with E-state index in [9.17, 15) is 4.79 Å². The second-order valence-electron chi connectivity index (χ2n) is 1.34. The molecule has 0 amide bonds. The second kappa shape index (κ2) is 8.17. The van der Waals surface area contributed by atoms with E-state index < -0.39 is 0 Å². The standard InChI is InChI=1S/C4H4S.C3H6O2/c1-2-4-5-3-1;1-2-5-3-4/h1-4H;3H,2H2,1H3. The number of rotatable bonds is 2. The van der Waals surface area contributed by atoms with Crippen LogP contribution in [0.25, 0.3) is 0 Å². The summed E-state index contributed by atoms with van der Waals surface area (Å²) < 4.78 is 4.15. The maximum Gasteiger partial charge on any atom is 0.293 e. The number of carbonyl (C=O) groups is 1. The lowest BCUT2D eigenvalue weighted by molar-refractivity contribution is -0.128. The smallest absolute Gasteiger partial charge is 0.293 e. The van der Waals surface area contributed by atoms with Gasteiger partial charge in [-0.25, -0.2) is 0 Å². The predicted octanol–water partition coefficient (Wildman–Crippen LogP) is 1.93. The Morgan fingerprint density at radius 2 is 2.10 bits per heavy atom. The van der Waals surface area contributed by atoms with Crippen molar-refractivity contribution in [1.29, 1.82) is 0 Å². The van der Waals surface area contributed by atoms with E-state index in [1.807, 2.05) is 22.9 Å². The van der Waals surface area contributed by atoms with Gasteiger partial charge in [0.15, 0.2) is 0 Å². The molecule has 0 aliphatic heterocycles. The van der Waals surface area contributed by atoms with Crippen LogP contribution in [0.4, 0.5) is 0 Å². The van der Waals surface area contributed by atoms with E-state index >= 15 is 0 Å². The lowest BCUT2D eigenvalue weighted by atomic mass is 10.7. The average molecular weight is 158 g/mol. The van der Waals surface area contributed by atoms with Gasteiger partial charge in [-0.2, -0.15) is 11.3 Å². The molecule has 0 radical (unpaired) electrons. The van der Waals surface area contributed by atoms with Gasteiger partial charge < -0.3 is 4.74 Å². The number of hydrogen-bond donors (Lipinski definition) is 0. The monoisotopic (exact) mass is 158 g/mol. The van der Waals surface area contributed by atoms with Crippen LogP contribution >= 0.6 is 11.3 Å². The first-order chi connectivity index (χ1) is 4.91. The van der Waals surface area contributed by atoms with Gasteiger partial charge in [-0.05, 0) is 17.7 Å². The molecule has 56 valence electrons. The molecule has 0 aromatic carbocycles. The van der Waals surface area contributed by atoms with Crippen molar-refractivity contribution in [1.82, 2.24) is 0 Å². The molecule has 0 aliphatic carbocycles. The summed E-state index contributed by atoms with van der Waals surface area (Å²) >= 11 is 1.71. The number of hydrogen-bond acceptors (Lipinski definition) is 3. The van der Waals surface area contributed by atoms with Crippen LogP contribution in [-0.2, 0) is 9.53 Å². The molecule has 0 fully saturated rings. The first-order valence-corrected chi connectivity index (χ1v) is 3.88. The van der Waals surface area contributed by atoms with E-state index in [2.05, 4.69) is 4.74 Å². The summed E-state index contributed by atoms with van der Waals surface area (Å²) in [5.74, 6) is 0.